The molecule has 0 amide bonds. The van der Waals surface area contributed by atoms with Gasteiger partial charge in [-0.3, -0.25) is 4.90 Å². The van der Waals surface area contributed by atoms with Crippen LogP contribution in [0.1, 0.15) is 18.1 Å². The summed E-state index contributed by atoms with van der Waals surface area (Å²) in [7, 11) is 0. The highest BCUT2D eigenvalue weighted by Gasteiger charge is 2.34. The molecule has 0 aromatic heterocycles. The zero-order valence-corrected chi connectivity index (χ0v) is 9.09. The van der Waals surface area contributed by atoms with E-state index in [-0.39, 0.29) is 6.04 Å². The maximum absolute atomic E-state index is 12.3. The van der Waals surface area contributed by atoms with Gasteiger partial charge >= 0.3 is 6.18 Å². The molecule has 1 nitrogen and oxygen atoms in total. The summed E-state index contributed by atoms with van der Waals surface area (Å²) < 4.78 is 37.0. The van der Waals surface area contributed by atoms with Crippen LogP contribution in [-0.2, 0) is 13.0 Å². The molecule has 0 radical (unpaired) electrons. The monoisotopic (exact) mass is 229 g/mol. The first-order valence-electron chi connectivity index (χ1n) is 5.33. The van der Waals surface area contributed by atoms with Crippen LogP contribution in [0, 0.1) is 0 Å². The van der Waals surface area contributed by atoms with Gasteiger partial charge in [-0.1, -0.05) is 24.3 Å². The Morgan fingerprint density at radius 3 is 2.50 bits per heavy atom. The van der Waals surface area contributed by atoms with Gasteiger partial charge in [0.2, 0.25) is 0 Å². The highest BCUT2D eigenvalue weighted by Crippen LogP contribution is 2.26. The Labute approximate surface area is 92.9 Å². The van der Waals surface area contributed by atoms with Gasteiger partial charge in [0.15, 0.2) is 0 Å². The third-order valence-electron chi connectivity index (χ3n) is 3.01. The normalized spacial score (nSPS) is 21.9. The molecule has 1 aliphatic heterocycles. The highest BCUT2D eigenvalue weighted by atomic mass is 19.4. The third-order valence-corrected chi connectivity index (χ3v) is 3.01. The first kappa shape index (κ1) is 11.5. The second-order valence-corrected chi connectivity index (χ2v) is 4.34. The second-order valence-electron chi connectivity index (χ2n) is 4.34. The number of alkyl halides is 3. The van der Waals surface area contributed by atoms with Crippen LogP contribution < -0.4 is 0 Å². The number of nitrogens with zero attached hydrogens (tertiary/aromatic N) is 1. The van der Waals surface area contributed by atoms with Gasteiger partial charge in [-0.2, -0.15) is 13.2 Å². The van der Waals surface area contributed by atoms with E-state index in [2.05, 4.69) is 0 Å². The molecule has 4 heteroatoms. The fraction of sp³-hybridized carbons (Fsp3) is 0.500. The zero-order chi connectivity index (χ0) is 11.8. The van der Waals surface area contributed by atoms with E-state index in [0.717, 1.165) is 5.56 Å². The van der Waals surface area contributed by atoms with E-state index in [4.69, 9.17) is 0 Å². The molecule has 0 aliphatic carbocycles. The van der Waals surface area contributed by atoms with Crippen molar-refractivity contribution in [3.63, 3.8) is 0 Å². The molecular formula is C12H14F3N. The van der Waals surface area contributed by atoms with E-state index in [9.17, 15) is 13.2 Å². The average molecular weight is 229 g/mol. The van der Waals surface area contributed by atoms with Crippen LogP contribution in [0.2, 0.25) is 0 Å². The smallest absolute Gasteiger partial charge is 0.288 e. The van der Waals surface area contributed by atoms with E-state index in [1.807, 2.05) is 31.2 Å². The Morgan fingerprint density at radius 1 is 1.25 bits per heavy atom. The molecule has 88 valence electrons. The van der Waals surface area contributed by atoms with Crippen LogP contribution >= 0.6 is 0 Å². The van der Waals surface area contributed by atoms with Gasteiger partial charge in [-0.25, -0.2) is 0 Å². The lowest BCUT2D eigenvalue weighted by Gasteiger charge is -2.35. The molecule has 16 heavy (non-hydrogen) atoms. The minimum Gasteiger partial charge on any atom is -0.288 e. The van der Waals surface area contributed by atoms with Gasteiger partial charge < -0.3 is 0 Å². The van der Waals surface area contributed by atoms with Crippen molar-refractivity contribution in [2.75, 3.05) is 6.54 Å². The summed E-state index contributed by atoms with van der Waals surface area (Å²) in [5, 5.41) is 0. The van der Waals surface area contributed by atoms with Crippen LogP contribution in [0.4, 0.5) is 13.2 Å². The number of benzene rings is 1. The van der Waals surface area contributed by atoms with Crippen molar-refractivity contribution in [2.24, 2.45) is 0 Å². The van der Waals surface area contributed by atoms with E-state index in [1.54, 1.807) is 0 Å². The molecule has 1 aliphatic rings. The summed E-state index contributed by atoms with van der Waals surface area (Å²) >= 11 is 0. The summed E-state index contributed by atoms with van der Waals surface area (Å²) in [6.07, 6.45) is -3.41. The summed E-state index contributed by atoms with van der Waals surface area (Å²) in [6, 6.07) is 7.67. The Bertz CT molecular complexity index is 373. The van der Waals surface area contributed by atoms with Gasteiger partial charge in [0.25, 0.3) is 0 Å². The Balaban J connectivity index is 2.15. The van der Waals surface area contributed by atoms with Gasteiger partial charge in [0.05, 0.1) is 6.54 Å². The van der Waals surface area contributed by atoms with Gasteiger partial charge in [0.1, 0.15) is 0 Å². The first-order chi connectivity index (χ1) is 7.46. The van der Waals surface area contributed by atoms with Gasteiger partial charge in [0, 0.05) is 12.6 Å². The predicted octanol–water partition coefficient (Wildman–Crippen LogP) is 3.00. The van der Waals surface area contributed by atoms with Crippen molar-refractivity contribution in [2.45, 2.75) is 32.1 Å². The van der Waals surface area contributed by atoms with Crippen molar-refractivity contribution < 1.29 is 13.2 Å². The molecule has 0 spiro atoms. The Morgan fingerprint density at radius 2 is 1.88 bits per heavy atom. The van der Waals surface area contributed by atoms with Crippen molar-refractivity contribution in [3.8, 4) is 0 Å². The lowest BCUT2D eigenvalue weighted by atomic mass is 9.95. The molecule has 0 bridgehead atoms. The number of fused-ring (bicyclic) bond motifs is 1. The summed E-state index contributed by atoms with van der Waals surface area (Å²) in [5.74, 6) is 0. The molecule has 2 rings (SSSR count). The SMILES string of the molecule is CC1Cc2ccccc2CN1CC(F)(F)F. The standard InChI is InChI=1S/C12H14F3N/c1-9-6-10-4-2-3-5-11(10)7-16(9)8-12(13,14)15/h2-5,9H,6-8H2,1H3. The van der Waals surface area contributed by atoms with Gasteiger partial charge in [-0.15, -0.1) is 0 Å². The quantitative estimate of drug-likeness (QED) is 0.715. The Kier molecular flexibility index (Phi) is 2.93. The van der Waals surface area contributed by atoms with Crippen molar-refractivity contribution in [1.29, 1.82) is 0 Å². The summed E-state index contributed by atoms with van der Waals surface area (Å²) in [6.45, 7) is 1.43. The van der Waals surface area contributed by atoms with E-state index < -0.39 is 12.7 Å². The fourth-order valence-corrected chi connectivity index (χ4v) is 2.17. The molecule has 0 saturated carbocycles. The Hall–Kier alpha value is -1.03. The van der Waals surface area contributed by atoms with Gasteiger partial charge in [-0.05, 0) is 24.5 Å². The third kappa shape index (κ3) is 2.55. The molecule has 1 atom stereocenters. The number of halogens is 3. The van der Waals surface area contributed by atoms with Crippen molar-refractivity contribution in [3.05, 3.63) is 35.4 Å². The van der Waals surface area contributed by atoms with E-state index in [1.165, 1.54) is 10.5 Å². The fourth-order valence-electron chi connectivity index (χ4n) is 2.17. The van der Waals surface area contributed by atoms with Crippen LogP contribution in [0.5, 0.6) is 0 Å². The minimum absolute atomic E-state index is 0.0449. The number of rotatable bonds is 1. The van der Waals surface area contributed by atoms with Crippen LogP contribution in [0.3, 0.4) is 0 Å². The molecule has 1 aromatic carbocycles. The lowest BCUT2D eigenvalue weighted by Crippen LogP contribution is -2.43. The predicted molar refractivity (Wildman–Crippen MR) is 56.1 cm³/mol. The van der Waals surface area contributed by atoms with Crippen molar-refractivity contribution in [1.82, 2.24) is 4.90 Å². The second kappa shape index (κ2) is 4.09. The maximum atomic E-state index is 12.3. The van der Waals surface area contributed by atoms with Crippen LogP contribution in [-0.4, -0.2) is 23.7 Å². The topological polar surface area (TPSA) is 3.24 Å². The lowest BCUT2D eigenvalue weighted by molar-refractivity contribution is -0.152. The molecule has 1 heterocycles. The molecular weight excluding hydrogens is 215 g/mol. The minimum atomic E-state index is -4.11. The number of hydrogen-bond acceptors (Lipinski definition) is 1. The maximum Gasteiger partial charge on any atom is 0.401 e. The van der Waals surface area contributed by atoms with E-state index >= 15 is 0 Å². The molecule has 0 saturated heterocycles. The van der Waals surface area contributed by atoms with E-state index in [0.29, 0.717) is 13.0 Å². The van der Waals surface area contributed by atoms with Crippen molar-refractivity contribution >= 4 is 0 Å². The average Bonchev–Trinajstić information content (AvgIpc) is 2.17. The van der Waals surface area contributed by atoms with Crippen LogP contribution in [0.25, 0.3) is 0 Å². The van der Waals surface area contributed by atoms with Crippen LogP contribution in [0.15, 0.2) is 24.3 Å². The molecule has 1 aromatic rings. The highest BCUT2D eigenvalue weighted by molar-refractivity contribution is 5.29. The zero-order valence-electron chi connectivity index (χ0n) is 9.09. The summed E-state index contributed by atoms with van der Waals surface area (Å²) in [5.41, 5.74) is 2.19. The largest absolute Gasteiger partial charge is 0.401 e. The molecule has 0 fully saturated rings. The first-order valence-corrected chi connectivity index (χ1v) is 5.33. The number of hydrogen-bond donors (Lipinski definition) is 0. The molecule has 0 N–H and O–H groups in total. The summed E-state index contributed by atoms with van der Waals surface area (Å²) in [4.78, 5) is 1.49. The molecule has 1 unspecified atom stereocenters.